The molecule has 0 spiro atoms. The second-order valence-electron chi connectivity index (χ2n) is 2.67. The third kappa shape index (κ3) is 4.35. The summed E-state index contributed by atoms with van der Waals surface area (Å²) < 4.78 is 1.12. The van der Waals surface area contributed by atoms with Crippen LogP contribution in [0.5, 0.6) is 0 Å². The number of rotatable bonds is 4. The van der Waals surface area contributed by atoms with Crippen LogP contribution in [0.15, 0.2) is 28.7 Å². The van der Waals surface area contributed by atoms with Gasteiger partial charge in [-0.05, 0) is 42.3 Å². The smallest absolute Gasteiger partial charge is 0.133 e. The maximum atomic E-state index is 8.31. The van der Waals surface area contributed by atoms with E-state index < -0.39 is 0 Å². The first kappa shape index (κ1) is 10.6. The first-order valence-corrected chi connectivity index (χ1v) is 5.86. The van der Waals surface area contributed by atoms with Crippen LogP contribution in [0.3, 0.4) is 0 Å². The van der Waals surface area contributed by atoms with Gasteiger partial charge in [0.05, 0.1) is 0 Å². The summed E-state index contributed by atoms with van der Waals surface area (Å²) in [6, 6.07) is 8.29. The molecule has 0 amide bonds. The Bertz CT molecular complexity index is 306. The molecule has 0 heterocycles. The van der Waals surface area contributed by atoms with E-state index in [4.69, 9.17) is 5.26 Å². The number of hydrogen-bond acceptors (Lipinski definition) is 2. The van der Waals surface area contributed by atoms with Gasteiger partial charge in [-0.2, -0.15) is 5.26 Å². The van der Waals surface area contributed by atoms with Crippen LogP contribution in [0.2, 0.25) is 0 Å². The Morgan fingerprint density at radius 1 is 1.46 bits per heavy atom. The normalized spacial score (nSPS) is 9.54. The number of thiocyanates is 1. The van der Waals surface area contributed by atoms with Crippen molar-refractivity contribution >= 4 is 27.7 Å². The Morgan fingerprint density at radius 3 is 3.00 bits per heavy atom. The highest BCUT2D eigenvalue weighted by Gasteiger charge is 1.94. The van der Waals surface area contributed by atoms with E-state index in [-0.39, 0.29) is 0 Å². The zero-order chi connectivity index (χ0) is 9.52. The van der Waals surface area contributed by atoms with Gasteiger partial charge in [-0.1, -0.05) is 28.1 Å². The topological polar surface area (TPSA) is 23.8 Å². The molecule has 0 radical (unpaired) electrons. The van der Waals surface area contributed by atoms with Gasteiger partial charge in [-0.25, -0.2) is 0 Å². The average Bonchev–Trinajstić information content (AvgIpc) is 2.13. The van der Waals surface area contributed by atoms with Gasteiger partial charge in [0.2, 0.25) is 0 Å². The Balaban J connectivity index is 2.33. The van der Waals surface area contributed by atoms with Crippen molar-refractivity contribution in [2.24, 2.45) is 0 Å². The minimum Gasteiger partial charge on any atom is -0.185 e. The molecule has 0 bridgehead atoms. The summed E-state index contributed by atoms with van der Waals surface area (Å²) in [5.41, 5.74) is 1.33. The van der Waals surface area contributed by atoms with Gasteiger partial charge in [0.15, 0.2) is 0 Å². The van der Waals surface area contributed by atoms with E-state index in [1.165, 1.54) is 17.3 Å². The van der Waals surface area contributed by atoms with Crippen molar-refractivity contribution in [2.75, 3.05) is 5.75 Å². The number of halogens is 1. The van der Waals surface area contributed by atoms with Crippen molar-refractivity contribution in [1.82, 2.24) is 0 Å². The van der Waals surface area contributed by atoms with E-state index in [0.29, 0.717) is 0 Å². The van der Waals surface area contributed by atoms with Crippen molar-refractivity contribution in [1.29, 1.82) is 5.26 Å². The lowest BCUT2D eigenvalue weighted by Gasteiger charge is -1.99. The van der Waals surface area contributed by atoms with Gasteiger partial charge in [0.25, 0.3) is 0 Å². The summed E-state index contributed by atoms with van der Waals surface area (Å²) >= 11 is 4.75. The van der Waals surface area contributed by atoms with E-state index in [9.17, 15) is 0 Å². The first-order chi connectivity index (χ1) is 6.33. The molecular formula is C10H10BrNS. The molecular weight excluding hydrogens is 246 g/mol. The minimum absolute atomic E-state index is 0.920. The molecule has 0 atom stereocenters. The predicted molar refractivity (Wildman–Crippen MR) is 60.5 cm³/mol. The fourth-order valence-electron chi connectivity index (χ4n) is 1.09. The van der Waals surface area contributed by atoms with Crippen LogP contribution in [0.1, 0.15) is 12.0 Å². The largest absolute Gasteiger partial charge is 0.185 e. The van der Waals surface area contributed by atoms with Crippen molar-refractivity contribution in [3.8, 4) is 5.40 Å². The standard InChI is InChI=1S/C10H10BrNS/c11-10-5-1-3-9(7-10)4-2-6-13-8-12/h1,3,5,7H,2,4,6H2. The fraction of sp³-hybridized carbons (Fsp3) is 0.300. The molecule has 0 unspecified atom stereocenters. The third-order valence-electron chi connectivity index (χ3n) is 1.67. The molecule has 0 fully saturated rings. The van der Waals surface area contributed by atoms with Crippen LogP contribution < -0.4 is 0 Å². The highest BCUT2D eigenvalue weighted by molar-refractivity contribution is 9.10. The van der Waals surface area contributed by atoms with Crippen LogP contribution in [-0.2, 0) is 6.42 Å². The lowest BCUT2D eigenvalue weighted by molar-refractivity contribution is 0.934. The Kier molecular flexibility index (Phi) is 4.95. The first-order valence-electron chi connectivity index (χ1n) is 4.08. The molecule has 0 aromatic heterocycles. The predicted octanol–water partition coefficient (Wildman–Crippen LogP) is 3.60. The Labute approximate surface area is 91.3 Å². The monoisotopic (exact) mass is 255 g/mol. The molecule has 0 aliphatic carbocycles. The maximum absolute atomic E-state index is 8.31. The number of nitriles is 1. The third-order valence-corrected chi connectivity index (χ3v) is 2.78. The number of thioether (sulfide) groups is 1. The highest BCUT2D eigenvalue weighted by atomic mass is 79.9. The van der Waals surface area contributed by atoms with Gasteiger partial charge in [-0.3, -0.25) is 0 Å². The van der Waals surface area contributed by atoms with Crippen molar-refractivity contribution in [3.63, 3.8) is 0 Å². The minimum atomic E-state index is 0.920. The molecule has 68 valence electrons. The van der Waals surface area contributed by atoms with Crippen LogP contribution >= 0.6 is 27.7 Å². The average molecular weight is 256 g/mol. The Morgan fingerprint density at radius 2 is 2.31 bits per heavy atom. The van der Waals surface area contributed by atoms with Crippen LogP contribution in [-0.4, -0.2) is 5.75 Å². The summed E-state index contributed by atoms with van der Waals surface area (Å²) in [4.78, 5) is 0. The van der Waals surface area contributed by atoms with Crippen molar-refractivity contribution in [2.45, 2.75) is 12.8 Å². The number of aryl methyl sites for hydroxylation is 1. The van der Waals surface area contributed by atoms with Gasteiger partial charge in [0.1, 0.15) is 5.40 Å². The summed E-state index contributed by atoms with van der Waals surface area (Å²) in [5.74, 6) is 0.920. The van der Waals surface area contributed by atoms with E-state index in [1.54, 1.807) is 0 Å². The molecule has 0 aliphatic rings. The number of nitrogens with zero attached hydrogens (tertiary/aromatic N) is 1. The van der Waals surface area contributed by atoms with Crippen LogP contribution in [0, 0.1) is 10.7 Å². The lowest BCUT2D eigenvalue weighted by Crippen LogP contribution is -1.86. The molecule has 13 heavy (non-hydrogen) atoms. The zero-order valence-electron chi connectivity index (χ0n) is 7.16. The van der Waals surface area contributed by atoms with Crippen LogP contribution in [0.25, 0.3) is 0 Å². The molecule has 0 saturated carbocycles. The molecule has 0 N–H and O–H groups in total. The molecule has 3 heteroatoms. The van der Waals surface area contributed by atoms with Crippen molar-refractivity contribution < 1.29 is 0 Å². The molecule has 1 aromatic carbocycles. The van der Waals surface area contributed by atoms with Gasteiger partial charge in [-0.15, -0.1) is 0 Å². The summed E-state index contributed by atoms with van der Waals surface area (Å²) in [6.07, 6.45) is 2.11. The number of hydrogen-bond donors (Lipinski definition) is 0. The van der Waals surface area contributed by atoms with E-state index in [0.717, 1.165) is 23.1 Å². The molecule has 1 nitrogen and oxygen atoms in total. The molecule has 0 saturated heterocycles. The quantitative estimate of drug-likeness (QED) is 0.607. The maximum Gasteiger partial charge on any atom is 0.133 e. The Hall–Kier alpha value is -0.460. The van der Waals surface area contributed by atoms with E-state index >= 15 is 0 Å². The van der Waals surface area contributed by atoms with Crippen molar-refractivity contribution in [3.05, 3.63) is 34.3 Å². The highest BCUT2D eigenvalue weighted by Crippen LogP contribution is 2.13. The van der Waals surface area contributed by atoms with Gasteiger partial charge in [0, 0.05) is 10.2 Å². The summed E-state index contributed by atoms with van der Waals surface area (Å²) in [6.45, 7) is 0. The molecule has 0 aliphatic heterocycles. The van der Waals surface area contributed by atoms with E-state index in [2.05, 4.69) is 33.5 Å². The molecule has 1 rings (SSSR count). The SMILES string of the molecule is N#CSCCCc1cccc(Br)c1. The summed E-state index contributed by atoms with van der Waals surface area (Å²) in [7, 11) is 0. The molecule has 1 aromatic rings. The zero-order valence-corrected chi connectivity index (χ0v) is 9.57. The van der Waals surface area contributed by atoms with E-state index in [1.807, 2.05) is 12.1 Å². The van der Waals surface area contributed by atoms with Gasteiger partial charge < -0.3 is 0 Å². The second-order valence-corrected chi connectivity index (χ2v) is 4.47. The second kappa shape index (κ2) is 6.06. The lowest BCUT2D eigenvalue weighted by atomic mass is 10.1. The van der Waals surface area contributed by atoms with Gasteiger partial charge >= 0.3 is 0 Å². The van der Waals surface area contributed by atoms with Crippen LogP contribution in [0.4, 0.5) is 0 Å². The number of benzene rings is 1. The summed E-state index contributed by atoms with van der Waals surface area (Å²) in [5, 5.41) is 10.4. The fourth-order valence-corrected chi connectivity index (χ4v) is 1.91.